The molecule has 0 bridgehead atoms. The van der Waals surface area contributed by atoms with Gasteiger partial charge in [0.1, 0.15) is 22.4 Å². The molecule has 6 nitrogen and oxygen atoms in total. The summed E-state index contributed by atoms with van der Waals surface area (Å²) >= 11 is 1.38. The van der Waals surface area contributed by atoms with E-state index in [9.17, 15) is 14.9 Å². The number of anilines is 1. The summed E-state index contributed by atoms with van der Waals surface area (Å²) in [6, 6.07) is 8.93. The van der Waals surface area contributed by atoms with E-state index in [0.29, 0.717) is 27.8 Å². The van der Waals surface area contributed by atoms with Crippen LogP contribution in [0.25, 0.3) is 6.08 Å². The molecular formula is C21H21N3O3S. The first kappa shape index (κ1) is 19.6. The summed E-state index contributed by atoms with van der Waals surface area (Å²) in [6.45, 7) is 2.16. The number of benzene rings is 1. The number of hydrogen-bond donors (Lipinski definition) is 2. The number of primary amides is 1. The number of nitrogens with one attached hydrogen (secondary N) is 1. The molecule has 144 valence electrons. The van der Waals surface area contributed by atoms with Crippen molar-refractivity contribution >= 4 is 34.2 Å². The van der Waals surface area contributed by atoms with Crippen molar-refractivity contribution in [3.05, 3.63) is 51.4 Å². The van der Waals surface area contributed by atoms with Crippen molar-refractivity contribution < 1.29 is 14.3 Å². The molecule has 1 unspecified atom stereocenters. The fourth-order valence-electron chi connectivity index (χ4n) is 3.29. The zero-order valence-electron chi connectivity index (χ0n) is 15.7. The highest BCUT2D eigenvalue weighted by Crippen LogP contribution is 2.39. The number of nitrogens with zero attached hydrogens (tertiary/aromatic N) is 1. The van der Waals surface area contributed by atoms with Crippen molar-refractivity contribution in [1.82, 2.24) is 0 Å². The van der Waals surface area contributed by atoms with Crippen molar-refractivity contribution in [2.75, 3.05) is 12.4 Å². The molecule has 3 rings (SSSR count). The third-order valence-electron chi connectivity index (χ3n) is 4.78. The Morgan fingerprint density at radius 2 is 2.07 bits per heavy atom. The number of hydrogen-bond acceptors (Lipinski definition) is 5. The van der Waals surface area contributed by atoms with E-state index in [1.54, 1.807) is 31.4 Å². The van der Waals surface area contributed by atoms with E-state index < -0.39 is 11.8 Å². The topological polar surface area (TPSA) is 105 Å². The van der Waals surface area contributed by atoms with Gasteiger partial charge in [0, 0.05) is 4.88 Å². The number of nitrogens with two attached hydrogens (primary N) is 1. The van der Waals surface area contributed by atoms with Crippen LogP contribution in [0.1, 0.15) is 39.7 Å². The molecule has 0 fully saturated rings. The Morgan fingerprint density at radius 3 is 2.68 bits per heavy atom. The summed E-state index contributed by atoms with van der Waals surface area (Å²) in [5, 5.41) is 12.6. The summed E-state index contributed by atoms with van der Waals surface area (Å²) in [6.07, 6.45) is 4.11. The van der Waals surface area contributed by atoms with Gasteiger partial charge in [0.2, 0.25) is 0 Å². The molecule has 0 saturated heterocycles. The minimum Gasteiger partial charge on any atom is -0.497 e. The normalized spacial score (nSPS) is 16.0. The van der Waals surface area contributed by atoms with E-state index in [4.69, 9.17) is 10.5 Å². The van der Waals surface area contributed by atoms with Crippen LogP contribution in [0.3, 0.4) is 0 Å². The Kier molecular flexibility index (Phi) is 5.81. The summed E-state index contributed by atoms with van der Waals surface area (Å²) in [7, 11) is 1.57. The molecule has 7 heteroatoms. The van der Waals surface area contributed by atoms with Crippen molar-refractivity contribution in [3.63, 3.8) is 0 Å². The number of amides is 2. The number of rotatable bonds is 5. The van der Waals surface area contributed by atoms with E-state index in [-0.39, 0.29) is 5.57 Å². The van der Waals surface area contributed by atoms with Crippen molar-refractivity contribution in [2.24, 2.45) is 11.7 Å². The van der Waals surface area contributed by atoms with Crippen LogP contribution in [0.15, 0.2) is 29.8 Å². The van der Waals surface area contributed by atoms with Gasteiger partial charge in [-0.25, -0.2) is 0 Å². The molecule has 0 saturated carbocycles. The molecule has 1 aromatic carbocycles. The van der Waals surface area contributed by atoms with E-state index in [1.807, 2.05) is 6.07 Å². The second-order valence-electron chi connectivity index (χ2n) is 6.82. The number of carbonyl (C=O) groups is 2. The summed E-state index contributed by atoms with van der Waals surface area (Å²) in [5.41, 5.74) is 7.53. The lowest BCUT2D eigenvalue weighted by Crippen LogP contribution is -2.19. The lowest BCUT2D eigenvalue weighted by atomic mass is 9.88. The number of fused-ring (bicyclic) bond motifs is 1. The third kappa shape index (κ3) is 4.07. The average Bonchev–Trinajstić information content (AvgIpc) is 3.03. The van der Waals surface area contributed by atoms with E-state index in [2.05, 4.69) is 12.2 Å². The SMILES string of the molecule is COc1ccc(/C=C(\C#N)C(=O)Nc2sc3c(c2C(N)=O)CCC(C)C3)cc1. The van der Waals surface area contributed by atoms with Crippen LogP contribution in [-0.2, 0) is 17.6 Å². The second-order valence-corrected chi connectivity index (χ2v) is 7.92. The Bertz CT molecular complexity index is 984. The van der Waals surface area contributed by atoms with Gasteiger partial charge >= 0.3 is 0 Å². The van der Waals surface area contributed by atoms with Gasteiger partial charge < -0.3 is 15.8 Å². The first-order valence-electron chi connectivity index (χ1n) is 8.94. The molecule has 1 atom stereocenters. The van der Waals surface area contributed by atoms with Gasteiger partial charge in [-0.3, -0.25) is 9.59 Å². The quantitative estimate of drug-likeness (QED) is 0.597. The highest BCUT2D eigenvalue weighted by atomic mass is 32.1. The van der Waals surface area contributed by atoms with Crippen LogP contribution in [0.4, 0.5) is 5.00 Å². The number of nitriles is 1. The number of carbonyl (C=O) groups excluding carboxylic acids is 2. The van der Waals surface area contributed by atoms with Gasteiger partial charge in [-0.2, -0.15) is 5.26 Å². The van der Waals surface area contributed by atoms with Gasteiger partial charge in [-0.05, 0) is 54.5 Å². The molecule has 1 aliphatic carbocycles. The van der Waals surface area contributed by atoms with Gasteiger partial charge in [0.05, 0.1) is 12.7 Å². The zero-order chi connectivity index (χ0) is 20.3. The van der Waals surface area contributed by atoms with Crippen LogP contribution in [0.5, 0.6) is 5.75 Å². The van der Waals surface area contributed by atoms with Gasteiger partial charge in [-0.1, -0.05) is 19.1 Å². The van der Waals surface area contributed by atoms with Crippen molar-refractivity contribution in [1.29, 1.82) is 5.26 Å². The van der Waals surface area contributed by atoms with Gasteiger partial charge in [-0.15, -0.1) is 11.3 Å². The maximum absolute atomic E-state index is 12.7. The summed E-state index contributed by atoms with van der Waals surface area (Å²) in [4.78, 5) is 25.7. The van der Waals surface area contributed by atoms with E-state index in [0.717, 1.165) is 29.7 Å². The Labute approximate surface area is 167 Å². The average molecular weight is 395 g/mol. The minimum absolute atomic E-state index is 0.0553. The smallest absolute Gasteiger partial charge is 0.266 e. The molecule has 2 amide bonds. The fraction of sp³-hybridized carbons (Fsp3) is 0.286. The lowest BCUT2D eigenvalue weighted by Gasteiger charge is -2.18. The predicted octanol–water partition coefficient (Wildman–Crippen LogP) is 3.53. The van der Waals surface area contributed by atoms with Crippen LogP contribution in [0.2, 0.25) is 0 Å². The number of ether oxygens (including phenoxy) is 1. The molecule has 0 aliphatic heterocycles. The minimum atomic E-state index is -0.563. The number of methoxy groups -OCH3 is 1. The fourth-order valence-corrected chi connectivity index (χ4v) is 4.70. The highest BCUT2D eigenvalue weighted by molar-refractivity contribution is 7.17. The standard InChI is InChI=1S/C21H21N3O3S/c1-12-3-8-16-17(9-12)28-21(18(16)19(23)25)24-20(26)14(11-22)10-13-4-6-15(27-2)7-5-13/h4-7,10,12H,3,8-9H2,1-2H3,(H2,23,25)(H,24,26)/b14-10+. The lowest BCUT2D eigenvalue weighted by molar-refractivity contribution is -0.112. The largest absolute Gasteiger partial charge is 0.497 e. The van der Waals surface area contributed by atoms with Gasteiger partial charge in [0.25, 0.3) is 11.8 Å². The van der Waals surface area contributed by atoms with Crippen molar-refractivity contribution in [3.8, 4) is 11.8 Å². The summed E-state index contributed by atoms with van der Waals surface area (Å²) in [5.74, 6) is 0.0946. The van der Waals surface area contributed by atoms with Crippen LogP contribution < -0.4 is 15.8 Å². The Balaban J connectivity index is 1.87. The molecule has 0 spiro atoms. The zero-order valence-corrected chi connectivity index (χ0v) is 16.6. The molecular weight excluding hydrogens is 374 g/mol. The van der Waals surface area contributed by atoms with Crippen LogP contribution in [0, 0.1) is 17.2 Å². The second kappa shape index (κ2) is 8.28. The maximum atomic E-state index is 12.7. The molecule has 0 radical (unpaired) electrons. The maximum Gasteiger partial charge on any atom is 0.266 e. The predicted molar refractivity (Wildman–Crippen MR) is 109 cm³/mol. The molecule has 28 heavy (non-hydrogen) atoms. The van der Waals surface area contributed by atoms with Gasteiger partial charge in [0.15, 0.2) is 0 Å². The first-order chi connectivity index (χ1) is 13.4. The van der Waals surface area contributed by atoms with Crippen LogP contribution >= 0.6 is 11.3 Å². The number of thiophene rings is 1. The molecule has 2 aromatic rings. The Morgan fingerprint density at radius 1 is 1.36 bits per heavy atom. The Hall–Kier alpha value is -3.11. The van der Waals surface area contributed by atoms with E-state index >= 15 is 0 Å². The van der Waals surface area contributed by atoms with Crippen LogP contribution in [-0.4, -0.2) is 18.9 Å². The molecule has 1 heterocycles. The molecule has 1 aromatic heterocycles. The summed E-state index contributed by atoms with van der Waals surface area (Å²) < 4.78 is 5.10. The van der Waals surface area contributed by atoms with Crippen molar-refractivity contribution in [2.45, 2.75) is 26.2 Å². The third-order valence-corrected chi connectivity index (χ3v) is 5.95. The monoisotopic (exact) mass is 395 g/mol. The first-order valence-corrected chi connectivity index (χ1v) is 9.76. The molecule has 3 N–H and O–H groups in total. The highest BCUT2D eigenvalue weighted by Gasteiger charge is 2.27. The molecule has 1 aliphatic rings. The van der Waals surface area contributed by atoms with E-state index in [1.165, 1.54) is 17.4 Å².